The second-order valence-corrected chi connectivity index (χ2v) is 4.04. The molecule has 0 saturated carbocycles. The van der Waals surface area contributed by atoms with Gasteiger partial charge in [-0.05, 0) is 38.1 Å². The van der Waals surface area contributed by atoms with Gasteiger partial charge in [0, 0.05) is 23.6 Å². The lowest BCUT2D eigenvalue weighted by Crippen LogP contribution is -2.32. The van der Waals surface area contributed by atoms with Gasteiger partial charge in [0.15, 0.2) is 0 Å². The topological polar surface area (TPSA) is 38.3 Å². The molecule has 16 heavy (non-hydrogen) atoms. The van der Waals surface area contributed by atoms with Crippen LogP contribution in [0.2, 0.25) is 0 Å². The van der Waals surface area contributed by atoms with Crippen molar-refractivity contribution in [3.63, 3.8) is 0 Å². The molecule has 0 radical (unpaired) electrons. The molecule has 0 spiro atoms. The molecular formula is C12H17NO2S. The Labute approximate surface area is 102 Å². The first-order valence-electron chi connectivity index (χ1n) is 5.32. The van der Waals surface area contributed by atoms with Crippen molar-refractivity contribution in [3.05, 3.63) is 29.8 Å². The fraction of sp³-hybridized carbons (Fsp3) is 0.417. The number of rotatable bonds is 5. The Balaban J connectivity index is 2.43. The summed E-state index contributed by atoms with van der Waals surface area (Å²) in [7, 11) is 0. The molecule has 1 rings (SSSR count). The summed E-state index contributed by atoms with van der Waals surface area (Å²) in [6.07, 6.45) is 0.0399. The number of carbonyl (C=O) groups excluding carboxylic acids is 1. The maximum absolute atomic E-state index is 11.7. The summed E-state index contributed by atoms with van der Waals surface area (Å²) >= 11 is 4.16. The molecule has 88 valence electrons. The van der Waals surface area contributed by atoms with Gasteiger partial charge in [-0.15, -0.1) is 12.6 Å². The summed E-state index contributed by atoms with van der Waals surface area (Å²) in [6.45, 7) is 5.05. The van der Waals surface area contributed by atoms with E-state index in [1.165, 1.54) is 0 Å². The van der Waals surface area contributed by atoms with Crippen LogP contribution in [-0.2, 0) is 4.74 Å². The first-order chi connectivity index (χ1) is 7.63. The van der Waals surface area contributed by atoms with Crippen molar-refractivity contribution in [2.24, 2.45) is 0 Å². The molecular weight excluding hydrogens is 222 g/mol. The molecule has 0 bridgehead atoms. The highest BCUT2D eigenvalue weighted by molar-refractivity contribution is 7.80. The van der Waals surface area contributed by atoms with Gasteiger partial charge in [0.25, 0.3) is 5.91 Å². The van der Waals surface area contributed by atoms with Crippen molar-refractivity contribution >= 4 is 18.5 Å². The molecule has 0 fully saturated rings. The Morgan fingerprint density at radius 3 is 2.62 bits per heavy atom. The second-order valence-electron chi connectivity index (χ2n) is 3.52. The lowest BCUT2D eigenvalue weighted by Gasteiger charge is -2.12. The lowest BCUT2D eigenvalue weighted by atomic mass is 10.2. The molecule has 0 aliphatic carbocycles. The fourth-order valence-corrected chi connectivity index (χ4v) is 1.44. The Hall–Kier alpha value is -1.00. The van der Waals surface area contributed by atoms with E-state index < -0.39 is 0 Å². The molecule has 0 aliphatic rings. The number of benzene rings is 1. The van der Waals surface area contributed by atoms with Crippen molar-refractivity contribution < 1.29 is 9.53 Å². The molecule has 1 atom stereocenters. The first-order valence-corrected chi connectivity index (χ1v) is 5.77. The molecule has 4 heteroatoms. The monoisotopic (exact) mass is 239 g/mol. The summed E-state index contributed by atoms with van der Waals surface area (Å²) in [5.74, 6) is -0.0834. The van der Waals surface area contributed by atoms with Crippen LogP contribution in [0.4, 0.5) is 0 Å². The summed E-state index contributed by atoms with van der Waals surface area (Å²) in [4.78, 5) is 12.5. The summed E-state index contributed by atoms with van der Waals surface area (Å²) in [5.41, 5.74) is 0.640. The summed E-state index contributed by atoms with van der Waals surface area (Å²) in [6, 6.07) is 7.10. The molecule has 1 N–H and O–H groups in total. The van der Waals surface area contributed by atoms with Crippen molar-refractivity contribution in [1.82, 2.24) is 5.32 Å². The average Bonchev–Trinajstić information content (AvgIpc) is 2.27. The molecule has 0 heterocycles. The Morgan fingerprint density at radius 1 is 1.44 bits per heavy atom. The third kappa shape index (κ3) is 4.24. The quantitative estimate of drug-likeness (QED) is 0.773. The first kappa shape index (κ1) is 13.1. The minimum absolute atomic E-state index is 0.0399. The van der Waals surface area contributed by atoms with Gasteiger partial charge in [0.1, 0.15) is 0 Å². The van der Waals surface area contributed by atoms with E-state index in [9.17, 15) is 4.79 Å². The van der Waals surface area contributed by atoms with Crippen LogP contribution in [0.15, 0.2) is 29.2 Å². The maximum atomic E-state index is 11.7. The van der Waals surface area contributed by atoms with Gasteiger partial charge in [0.2, 0.25) is 0 Å². The SMILES string of the molecule is CCOC(C)CNC(=O)c1ccc(S)cc1. The van der Waals surface area contributed by atoms with E-state index in [1.54, 1.807) is 24.3 Å². The zero-order chi connectivity index (χ0) is 12.0. The van der Waals surface area contributed by atoms with Crippen LogP contribution in [0.25, 0.3) is 0 Å². The number of ether oxygens (including phenoxy) is 1. The molecule has 1 unspecified atom stereocenters. The lowest BCUT2D eigenvalue weighted by molar-refractivity contribution is 0.0695. The van der Waals surface area contributed by atoms with Crippen molar-refractivity contribution in [1.29, 1.82) is 0 Å². The number of amides is 1. The highest BCUT2D eigenvalue weighted by atomic mass is 32.1. The van der Waals surface area contributed by atoms with Crippen LogP contribution in [0.3, 0.4) is 0 Å². The van der Waals surface area contributed by atoms with Crippen molar-refractivity contribution in [2.75, 3.05) is 13.2 Å². The van der Waals surface area contributed by atoms with Gasteiger partial charge in [-0.1, -0.05) is 0 Å². The number of hydrogen-bond acceptors (Lipinski definition) is 3. The van der Waals surface area contributed by atoms with Gasteiger partial charge in [0.05, 0.1) is 6.10 Å². The fourth-order valence-electron chi connectivity index (χ4n) is 1.29. The van der Waals surface area contributed by atoms with Gasteiger partial charge in [-0.25, -0.2) is 0 Å². The molecule has 1 aromatic carbocycles. The minimum Gasteiger partial charge on any atom is -0.377 e. The third-order valence-corrected chi connectivity index (χ3v) is 2.43. The van der Waals surface area contributed by atoms with E-state index in [-0.39, 0.29) is 12.0 Å². The van der Waals surface area contributed by atoms with E-state index in [4.69, 9.17) is 4.74 Å². The van der Waals surface area contributed by atoms with Crippen molar-refractivity contribution in [3.8, 4) is 0 Å². The smallest absolute Gasteiger partial charge is 0.251 e. The Kier molecular flexibility index (Phi) is 5.35. The minimum atomic E-state index is -0.0834. The Bertz CT molecular complexity index is 337. The van der Waals surface area contributed by atoms with Crippen molar-refractivity contribution in [2.45, 2.75) is 24.8 Å². The van der Waals surface area contributed by atoms with E-state index in [2.05, 4.69) is 17.9 Å². The van der Waals surface area contributed by atoms with Crippen LogP contribution in [0.1, 0.15) is 24.2 Å². The van der Waals surface area contributed by atoms with Crippen LogP contribution in [0.5, 0.6) is 0 Å². The maximum Gasteiger partial charge on any atom is 0.251 e. The predicted octanol–water partition coefficient (Wildman–Crippen LogP) is 2.13. The third-order valence-electron chi connectivity index (χ3n) is 2.13. The van der Waals surface area contributed by atoms with Crippen LogP contribution in [-0.4, -0.2) is 25.2 Å². The highest BCUT2D eigenvalue weighted by Crippen LogP contribution is 2.07. The zero-order valence-electron chi connectivity index (χ0n) is 9.56. The van der Waals surface area contributed by atoms with Crippen LogP contribution >= 0.6 is 12.6 Å². The molecule has 1 aromatic rings. The molecule has 1 amide bonds. The second kappa shape index (κ2) is 6.55. The zero-order valence-corrected chi connectivity index (χ0v) is 10.5. The van der Waals surface area contributed by atoms with E-state index in [0.717, 1.165) is 4.90 Å². The van der Waals surface area contributed by atoms with Gasteiger partial charge in [-0.3, -0.25) is 4.79 Å². The molecule has 3 nitrogen and oxygen atoms in total. The van der Waals surface area contributed by atoms with Gasteiger partial charge < -0.3 is 10.1 Å². The number of nitrogens with one attached hydrogen (secondary N) is 1. The normalized spacial score (nSPS) is 12.2. The molecule has 0 aromatic heterocycles. The van der Waals surface area contributed by atoms with Gasteiger partial charge in [-0.2, -0.15) is 0 Å². The van der Waals surface area contributed by atoms with Crippen LogP contribution in [0, 0.1) is 0 Å². The molecule has 0 aliphatic heterocycles. The summed E-state index contributed by atoms with van der Waals surface area (Å²) < 4.78 is 5.32. The van der Waals surface area contributed by atoms with E-state index in [1.807, 2.05) is 13.8 Å². The van der Waals surface area contributed by atoms with Gasteiger partial charge >= 0.3 is 0 Å². The number of carbonyl (C=O) groups is 1. The standard InChI is InChI=1S/C12H17NO2S/c1-3-15-9(2)8-13-12(14)10-4-6-11(16)7-5-10/h4-7,9,16H,3,8H2,1-2H3,(H,13,14). The average molecular weight is 239 g/mol. The number of hydrogen-bond donors (Lipinski definition) is 2. The van der Waals surface area contributed by atoms with E-state index in [0.29, 0.717) is 18.7 Å². The predicted molar refractivity (Wildman–Crippen MR) is 67.1 cm³/mol. The number of thiol groups is 1. The highest BCUT2D eigenvalue weighted by Gasteiger charge is 2.07. The van der Waals surface area contributed by atoms with Crippen LogP contribution < -0.4 is 5.32 Å². The molecule has 0 saturated heterocycles. The largest absolute Gasteiger partial charge is 0.377 e. The van der Waals surface area contributed by atoms with E-state index >= 15 is 0 Å². The summed E-state index contributed by atoms with van der Waals surface area (Å²) in [5, 5.41) is 2.81. The Morgan fingerprint density at radius 2 is 2.06 bits per heavy atom.